The van der Waals surface area contributed by atoms with Gasteiger partial charge in [0.15, 0.2) is 10.4 Å². The number of fused-ring (bicyclic) bond motifs is 1. The third-order valence-electron chi connectivity index (χ3n) is 2.86. The second-order valence-electron chi connectivity index (χ2n) is 4.05. The van der Waals surface area contributed by atoms with Gasteiger partial charge in [-0.3, -0.25) is 4.57 Å². The second kappa shape index (κ2) is 4.23. The Morgan fingerprint density at radius 3 is 2.89 bits per heavy atom. The SMILES string of the molecule is Cc1cccc(Cl)c1-n1c(=S)[nH]c2cccnc21. The molecule has 0 saturated heterocycles. The number of nitrogens with zero attached hydrogens (tertiary/aromatic N) is 2. The summed E-state index contributed by atoms with van der Waals surface area (Å²) in [5.41, 5.74) is 3.64. The zero-order valence-corrected chi connectivity index (χ0v) is 11.2. The number of para-hydroxylation sites is 1. The third-order valence-corrected chi connectivity index (χ3v) is 3.44. The standard InChI is InChI=1S/C13H10ClN3S/c1-8-4-2-5-9(14)11(8)17-12-10(16-13(17)18)6-3-7-15-12/h2-7H,1H3,(H,16,18). The molecule has 0 unspecified atom stereocenters. The van der Waals surface area contributed by atoms with Gasteiger partial charge in [-0.1, -0.05) is 23.7 Å². The topological polar surface area (TPSA) is 33.6 Å². The maximum atomic E-state index is 6.28. The summed E-state index contributed by atoms with van der Waals surface area (Å²) in [6.45, 7) is 2.00. The van der Waals surface area contributed by atoms with E-state index in [0.29, 0.717) is 9.79 Å². The smallest absolute Gasteiger partial charge is 0.184 e. The number of hydrogen-bond acceptors (Lipinski definition) is 2. The zero-order chi connectivity index (χ0) is 12.7. The maximum absolute atomic E-state index is 6.28. The van der Waals surface area contributed by atoms with Crippen molar-refractivity contribution in [2.45, 2.75) is 6.92 Å². The monoisotopic (exact) mass is 275 g/mol. The van der Waals surface area contributed by atoms with Crippen LogP contribution < -0.4 is 0 Å². The summed E-state index contributed by atoms with van der Waals surface area (Å²) in [5.74, 6) is 0. The summed E-state index contributed by atoms with van der Waals surface area (Å²) < 4.78 is 2.47. The van der Waals surface area contributed by atoms with E-state index in [1.54, 1.807) is 6.20 Å². The van der Waals surface area contributed by atoms with Crippen molar-refractivity contribution in [1.29, 1.82) is 0 Å². The minimum atomic E-state index is 0.597. The molecular formula is C13H10ClN3S. The fourth-order valence-corrected chi connectivity index (χ4v) is 2.65. The van der Waals surface area contributed by atoms with Crippen LogP contribution in [0.3, 0.4) is 0 Å². The fourth-order valence-electron chi connectivity index (χ4n) is 2.05. The molecule has 0 atom stereocenters. The first-order valence-corrected chi connectivity index (χ1v) is 6.28. The van der Waals surface area contributed by atoms with E-state index in [4.69, 9.17) is 23.8 Å². The largest absolute Gasteiger partial charge is 0.329 e. The number of hydrogen-bond donors (Lipinski definition) is 1. The number of pyridine rings is 1. The molecule has 0 saturated carbocycles. The Labute approximate surface area is 114 Å². The van der Waals surface area contributed by atoms with Gasteiger partial charge < -0.3 is 4.98 Å². The highest BCUT2D eigenvalue weighted by Gasteiger charge is 2.12. The minimum Gasteiger partial charge on any atom is -0.329 e. The molecule has 3 rings (SSSR count). The molecule has 2 heterocycles. The molecule has 18 heavy (non-hydrogen) atoms. The molecule has 0 amide bonds. The zero-order valence-electron chi connectivity index (χ0n) is 9.64. The van der Waals surface area contributed by atoms with Gasteiger partial charge in [-0.05, 0) is 42.9 Å². The van der Waals surface area contributed by atoms with Crippen molar-refractivity contribution in [3.63, 3.8) is 0 Å². The van der Waals surface area contributed by atoms with Gasteiger partial charge in [-0.2, -0.15) is 0 Å². The number of H-pyrrole nitrogens is 1. The number of rotatable bonds is 1. The molecule has 2 aromatic heterocycles. The first-order chi connectivity index (χ1) is 8.68. The van der Waals surface area contributed by atoms with Crippen molar-refractivity contribution >= 4 is 35.0 Å². The highest BCUT2D eigenvalue weighted by Crippen LogP contribution is 2.27. The molecule has 1 aromatic carbocycles. The van der Waals surface area contributed by atoms with Gasteiger partial charge in [-0.25, -0.2) is 4.98 Å². The molecule has 5 heteroatoms. The van der Waals surface area contributed by atoms with Crippen molar-refractivity contribution in [1.82, 2.24) is 14.5 Å². The molecule has 0 radical (unpaired) electrons. The van der Waals surface area contributed by atoms with Crippen LogP contribution in [0.5, 0.6) is 0 Å². The van der Waals surface area contributed by atoms with Crippen molar-refractivity contribution in [3.05, 3.63) is 51.9 Å². The Morgan fingerprint density at radius 1 is 1.28 bits per heavy atom. The molecular weight excluding hydrogens is 266 g/mol. The van der Waals surface area contributed by atoms with E-state index in [2.05, 4.69) is 9.97 Å². The van der Waals surface area contributed by atoms with Gasteiger partial charge in [0.2, 0.25) is 0 Å². The number of imidazole rings is 1. The number of halogens is 1. The normalized spacial score (nSPS) is 11.0. The number of aryl methyl sites for hydroxylation is 1. The summed E-state index contributed by atoms with van der Waals surface area (Å²) in [4.78, 5) is 7.50. The maximum Gasteiger partial charge on any atom is 0.184 e. The summed E-state index contributed by atoms with van der Waals surface area (Å²) in [6.07, 6.45) is 1.74. The Balaban J connectivity index is 2.46. The molecule has 0 spiro atoms. The van der Waals surface area contributed by atoms with E-state index < -0.39 is 0 Å². The number of aromatic amines is 1. The first-order valence-electron chi connectivity index (χ1n) is 5.50. The molecule has 0 aliphatic rings. The van der Waals surface area contributed by atoms with Crippen LogP contribution in [-0.4, -0.2) is 14.5 Å². The summed E-state index contributed by atoms with van der Waals surface area (Å²) >= 11 is 11.6. The van der Waals surface area contributed by atoms with Gasteiger partial charge >= 0.3 is 0 Å². The lowest BCUT2D eigenvalue weighted by atomic mass is 10.2. The van der Waals surface area contributed by atoms with Crippen molar-refractivity contribution < 1.29 is 0 Å². The van der Waals surface area contributed by atoms with Gasteiger partial charge in [0.05, 0.1) is 16.2 Å². The van der Waals surface area contributed by atoms with Crippen LogP contribution in [0.25, 0.3) is 16.9 Å². The Kier molecular flexibility index (Phi) is 2.69. The summed E-state index contributed by atoms with van der Waals surface area (Å²) in [5, 5.41) is 0.664. The molecule has 0 aliphatic heterocycles. The third kappa shape index (κ3) is 1.65. The molecule has 0 aliphatic carbocycles. The van der Waals surface area contributed by atoms with Crippen LogP contribution in [0.4, 0.5) is 0 Å². The van der Waals surface area contributed by atoms with Crippen LogP contribution in [0.15, 0.2) is 36.5 Å². The molecule has 3 nitrogen and oxygen atoms in total. The average molecular weight is 276 g/mol. The van der Waals surface area contributed by atoms with Gasteiger partial charge in [-0.15, -0.1) is 0 Å². The summed E-state index contributed by atoms with van der Waals surface area (Å²) in [7, 11) is 0. The van der Waals surface area contributed by atoms with Crippen LogP contribution in [0.2, 0.25) is 5.02 Å². The minimum absolute atomic E-state index is 0.597. The molecule has 1 N–H and O–H groups in total. The van der Waals surface area contributed by atoms with Gasteiger partial charge in [0.1, 0.15) is 0 Å². The highest BCUT2D eigenvalue weighted by molar-refractivity contribution is 7.71. The lowest BCUT2D eigenvalue weighted by molar-refractivity contribution is 1.03. The quantitative estimate of drug-likeness (QED) is 0.680. The Hall–Kier alpha value is -1.65. The highest BCUT2D eigenvalue weighted by atomic mass is 35.5. The predicted molar refractivity (Wildman–Crippen MR) is 76.0 cm³/mol. The van der Waals surface area contributed by atoms with Crippen LogP contribution in [0.1, 0.15) is 5.56 Å². The van der Waals surface area contributed by atoms with E-state index in [0.717, 1.165) is 22.4 Å². The van der Waals surface area contributed by atoms with Crippen LogP contribution in [-0.2, 0) is 0 Å². The molecule has 3 aromatic rings. The predicted octanol–water partition coefficient (Wildman–Crippen LogP) is 4.04. The first kappa shape index (κ1) is 11.4. The van der Waals surface area contributed by atoms with Gasteiger partial charge in [0, 0.05) is 6.20 Å². The van der Waals surface area contributed by atoms with E-state index in [1.165, 1.54) is 0 Å². The lowest BCUT2D eigenvalue weighted by Gasteiger charge is -2.09. The molecule has 0 bridgehead atoms. The van der Waals surface area contributed by atoms with Crippen molar-refractivity contribution in [3.8, 4) is 5.69 Å². The van der Waals surface area contributed by atoms with Crippen molar-refractivity contribution in [2.75, 3.05) is 0 Å². The number of aromatic nitrogens is 3. The van der Waals surface area contributed by atoms with E-state index in [1.807, 2.05) is 41.8 Å². The van der Waals surface area contributed by atoms with E-state index >= 15 is 0 Å². The van der Waals surface area contributed by atoms with E-state index in [-0.39, 0.29) is 0 Å². The second-order valence-corrected chi connectivity index (χ2v) is 4.84. The van der Waals surface area contributed by atoms with Gasteiger partial charge in [0.25, 0.3) is 0 Å². The average Bonchev–Trinajstić information content (AvgIpc) is 2.66. The van der Waals surface area contributed by atoms with Crippen LogP contribution >= 0.6 is 23.8 Å². The van der Waals surface area contributed by atoms with Crippen LogP contribution in [0, 0.1) is 11.7 Å². The Morgan fingerprint density at radius 2 is 2.11 bits per heavy atom. The molecule has 0 fully saturated rings. The number of nitrogens with one attached hydrogen (secondary N) is 1. The fraction of sp³-hybridized carbons (Fsp3) is 0.0769. The van der Waals surface area contributed by atoms with E-state index in [9.17, 15) is 0 Å². The summed E-state index contributed by atoms with van der Waals surface area (Å²) in [6, 6.07) is 9.60. The lowest BCUT2D eigenvalue weighted by Crippen LogP contribution is -1.99. The molecule has 90 valence electrons. The number of benzene rings is 1. The van der Waals surface area contributed by atoms with Crippen molar-refractivity contribution in [2.24, 2.45) is 0 Å². The Bertz CT molecular complexity index is 768.